The predicted octanol–water partition coefficient (Wildman–Crippen LogP) is 2.64. The van der Waals surface area contributed by atoms with Crippen LogP contribution in [0, 0.1) is 11.6 Å². The van der Waals surface area contributed by atoms with Crippen LogP contribution in [0.25, 0.3) is 0 Å². The third-order valence-corrected chi connectivity index (χ3v) is 2.50. The van der Waals surface area contributed by atoms with Crippen molar-refractivity contribution in [3.8, 4) is 0 Å². The summed E-state index contributed by atoms with van der Waals surface area (Å²) in [5.74, 6) is -2.45. The van der Waals surface area contributed by atoms with Gasteiger partial charge in [0.05, 0.1) is 11.9 Å². The Hall–Kier alpha value is -2.30. The van der Waals surface area contributed by atoms with Crippen molar-refractivity contribution in [1.29, 1.82) is 0 Å². The molecule has 0 saturated carbocycles. The molecule has 0 unspecified atom stereocenters. The zero-order valence-corrected chi connectivity index (χ0v) is 9.60. The molecule has 2 rings (SSSR count). The van der Waals surface area contributed by atoms with E-state index in [9.17, 15) is 13.6 Å². The Bertz CT molecular complexity index is 572. The number of anilines is 1. The number of nitrogens with zero attached hydrogens (tertiary/aromatic N) is 2. The molecule has 1 aromatic carbocycles. The lowest BCUT2D eigenvalue weighted by molar-refractivity contribution is 0.0992. The molecule has 0 spiro atoms. The largest absolute Gasteiger partial charge is 0.310 e. The van der Waals surface area contributed by atoms with E-state index in [4.69, 9.17) is 0 Å². The highest BCUT2D eigenvalue weighted by Gasteiger charge is 2.15. The number of benzene rings is 1. The van der Waals surface area contributed by atoms with Gasteiger partial charge in [-0.05, 0) is 30.3 Å². The summed E-state index contributed by atoms with van der Waals surface area (Å²) in [5, 5.41) is 0. The van der Waals surface area contributed by atoms with Crippen LogP contribution in [0.5, 0.6) is 0 Å². The van der Waals surface area contributed by atoms with Gasteiger partial charge in [0, 0.05) is 18.8 Å². The first kappa shape index (κ1) is 12.2. The fraction of sp³-hybridized carbons (Fsp3) is 0.0769. The summed E-state index contributed by atoms with van der Waals surface area (Å²) in [5.41, 5.74) is 0.660. The highest BCUT2D eigenvalue weighted by molar-refractivity contribution is 6.05. The number of amides is 1. The number of halogens is 2. The summed E-state index contributed by atoms with van der Waals surface area (Å²) >= 11 is 0. The van der Waals surface area contributed by atoms with Gasteiger partial charge in [-0.3, -0.25) is 9.78 Å². The number of carbonyl (C=O) groups is 1. The van der Waals surface area contributed by atoms with Crippen LogP contribution in [-0.2, 0) is 0 Å². The monoisotopic (exact) mass is 248 g/mol. The van der Waals surface area contributed by atoms with Gasteiger partial charge in [-0.2, -0.15) is 0 Å². The SMILES string of the molecule is CN(C(=O)c1ccc(F)c(F)c1)c1cccnc1. The first-order valence-electron chi connectivity index (χ1n) is 5.22. The summed E-state index contributed by atoms with van der Waals surface area (Å²) in [6.07, 6.45) is 3.09. The smallest absolute Gasteiger partial charge is 0.258 e. The normalized spacial score (nSPS) is 10.2. The second-order valence-electron chi connectivity index (χ2n) is 3.70. The predicted molar refractivity (Wildman–Crippen MR) is 63.3 cm³/mol. The Balaban J connectivity index is 2.29. The molecule has 3 nitrogen and oxygen atoms in total. The van der Waals surface area contributed by atoms with Crippen molar-refractivity contribution in [1.82, 2.24) is 4.98 Å². The first-order chi connectivity index (χ1) is 8.59. The zero-order valence-electron chi connectivity index (χ0n) is 9.60. The van der Waals surface area contributed by atoms with Crippen molar-refractivity contribution >= 4 is 11.6 Å². The number of carbonyl (C=O) groups excluding carboxylic acids is 1. The van der Waals surface area contributed by atoms with E-state index in [1.165, 1.54) is 17.2 Å². The Kier molecular flexibility index (Phi) is 3.32. The van der Waals surface area contributed by atoms with Crippen molar-refractivity contribution in [2.75, 3.05) is 11.9 Å². The fourth-order valence-corrected chi connectivity index (χ4v) is 1.49. The maximum absolute atomic E-state index is 13.0. The van der Waals surface area contributed by atoms with E-state index in [1.54, 1.807) is 25.4 Å². The summed E-state index contributed by atoms with van der Waals surface area (Å²) < 4.78 is 25.8. The summed E-state index contributed by atoms with van der Waals surface area (Å²) in [4.78, 5) is 17.2. The number of hydrogen-bond donors (Lipinski definition) is 0. The molecule has 0 atom stereocenters. The number of rotatable bonds is 2. The topological polar surface area (TPSA) is 33.2 Å². The number of pyridine rings is 1. The highest BCUT2D eigenvalue weighted by Crippen LogP contribution is 2.15. The highest BCUT2D eigenvalue weighted by atomic mass is 19.2. The second kappa shape index (κ2) is 4.91. The summed E-state index contributed by atoms with van der Waals surface area (Å²) in [7, 11) is 1.54. The number of hydrogen-bond acceptors (Lipinski definition) is 2. The maximum atomic E-state index is 13.0. The molecule has 0 N–H and O–H groups in total. The van der Waals surface area contributed by atoms with E-state index in [0.717, 1.165) is 12.1 Å². The molecule has 0 aliphatic rings. The Morgan fingerprint density at radius 1 is 1.22 bits per heavy atom. The van der Waals surface area contributed by atoms with E-state index in [2.05, 4.69) is 4.98 Å². The Morgan fingerprint density at radius 2 is 2.00 bits per heavy atom. The molecule has 0 radical (unpaired) electrons. The third-order valence-electron chi connectivity index (χ3n) is 2.50. The van der Waals surface area contributed by atoms with Gasteiger partial charge in [0.25, 0.3) is 5.91 Å². The molecule has 0 fully saturated rings. The van der Waals surface area contributed by atoms with Gasteiger partial charge in [0.2, 0.25) is 0 Å². The molecule has 0 bridgehead atoms. The first-order valence-corrected chi connectivity index (χ1v) is 5.22. The lowest BCUT2D eigenvalue weighted by Gasteiger charge is -2.16. The van der Waals surface area contributed by atoms with Gasteiger partial charge in [-0.15, -0.1) is 0 Å². The van der Waals surface area contributed by atoms with Gasteiger partial charge >= 0.3 is 0 Å². The van der Waals surface area contributed by atoms with Gasteiger partial charge in [0.15, 0.2) is 11.6 Å². The van der Waals surface area contributed by atoms with Crippen molar-refractivity contribution in [2.45, 2.75) is 0 Å². The molecular weight excluding hydrogens is 238 g/mol. The van der Waals surface area contributed by atoms with Crippen LogP contribution in [0.4, 0.5) is 14.5 Å². The van der Waals surface area contributed by atoms with Gasteiger partial charge in [-0.1, -0.05) is 0 Å². The minimum Gasteiger partial charge on any atom is -0.310 e. The van der Waals surface area contributed by atoms with Crippen LogP contribution in [0.3, 0.4) is 0 Å². The van der Waals surface area contributed by atoms with Crippen molar-refractivity contribution in [2.24, 2.45) is 0 Å². The van der Waals surface area contributed by atoms with E-state index in [1.807, 2.05) is 0 Å². The third kappa shape index (κ3) is 2.34. The summed E-state index contributed by atoms with van der Waals surface area (Å²) in [6.45, 7) is 0. The quantitative estimate of drug-likeness (QED) is 0.818. The second-order valence-corrected chi connectivity index (χ2v) is 3.70. The molecule has 92 valence electrons. The molecule has 2 aromatic rings. The zero-order chi connectivity index (χ0) is 13.1. The maximum Gasteiger partial charge on any atom is 0.258 e. The lowest BCUT2D eigenvalue weighted by atomic mass is 10.2. The average Bonchev–Trinajstić information content (AvgIpc) is 2.41. The molecule has 0 aliphatic carbocycles. The van der Waals surface area contributed by atoms with Gasteiger partial charge in [0.1, 0.15) is 0 Å². The van der Waals surface area contributed by atoms with E-state index in [0.29, 0.717) is 5.69 Å². The van der Waals surface area contributed by atoms with Gasteiger partial charge < -0.3 is 4.90 Å². The van der Waals surface area contributed by atoms with E-state index < -0.39 is 17.5 Å². The Labute approximate surface area is 103 Å². The van der Waals surface area contributed by atoms with Crippen LogP contribution >= 0.6 is 0 Å². The average molecular weight is 248 g/mol. The molecule has 0 saturated heterocycles. The summed E-state index contributed by atoms with van der Waals surface area (Å²) in [6, 6.07) is 6.44. The van der Waals surface area contributed by atoms with Crippen molar-refractivity contribution in [3.63, 3.8) is 0 Å². The molecule has 0 aliphatic heterocycles. The van der Waals surface area contributed by atoms with Crippen LogP contribution in [0.1, 0.15) is 10.4 Å². The minimum atomic E-state index is -1.04. The van der Waals surface area contributed by atoms with Gasteiger partial charge in [-0.25, -0.2) is 8.78 Å². The van der Waals surface area contributed by atoms with Crippen LogP contribution < -0.4 is 4.90 Å². The van der Waals surface area contributed by atoms with Crippen molar-refractivity contribution < 1.29 is 13.6 Å². The molecule has 1 heterocycles. The molecule has 5 heteroatoms. The van der Waals surface area contributed by atoms with Crippen LogP contribution in [0.2, 0.25) is 0 Å². The molecular formula is C13H10F2N2O. The molecule has 18 heavy (non-hydrogen) atoms. The van der Waals surface area contributed by atoms with Crippen LogP contribution in [0.15, 0.2) is 42.7 Å². The lowest BCUT2D eigenvalue weighted by Crippen LogP contribution is -2.26. The fourth-order valence-electron chi connectivity index (χ4n) is 1.49. The Morgan fingerprint density at radius 3 is 2.61 bits per heavy atom. The minimum absolute atomic E-state index is 0.0836. The van der Waals surface area contributed by atoms with E-state index >= 15 is 0 Å². The number of aromatic nitrogens is 1. The van der Waals surface area contributed by atoms with Crippen LogP contribution in [-0.4, -0.2) is 17.9 Å². The standard InChI is InChI=1S/C13H10F2N2O/c1-17(10-3-2-6-16-8-10)13(18)9-4-5-11(14)12(15)7-9/h2-8H,1H3. The van der Waals surface area contributed by atoms with E-state index in [-0.39, 0.29) is 5.56 Å². The van der Waals surface area contributed by atoms with Crippen molar-refractivity contribution in [3.05, 3.63) is 59.9 Å². The molecule has 1 amide bonds. The molecule has 1 aromatic heterocycles.